The first-order chi connectivity index (χ1) is 12.2. The number of methoxy groups -OCH3 is 1. The molecule has 0 unspecified atom stereocenters. The number of benzene rings is 1. The molecule has 3 aromatic rings. The molecule has 25 heavy (non-hydrogen) atoms. The highest BCUT2D eigenvalue weighted by atomic mass is 35.5. The lowest BCUT2D eigenvalue weighted by Gasteiger charge is -2.18. The fraction of sp³-hybridized carbons (Fsp3) is 0.235. The van der Waals surface area contributed by atoms with Crippen LogP contribution in [-0.4, -0.2) is 36.4 Å². The van der Waals surface area contributed by atoms with Gasteiger partial charge in [0.2, 0.25) is 11.0 Å². The van der Waals surface area contributed by atoms with Crippen LogP contribution in [0.3, 0.4) is 0 Å². The minimum absolute atomic E-state index is 0.0155. The van der Waals surface area contributed by atoms with Gasteiger partial charge in [0.1, 0.15) is 5.01 Å². The monoisotopic (exact) mass is 393 g/mol. The van der Waals surface area contributed by atoms with E-state index in [4.69, 9.17) is 16.3 Å². The summed E-state index contributed by atoms with van der Waals surface area (Å²) in [6.45, 7) is 0.877. The molecule has 0 aliphatic rings. The van der Waals surface area contributed by atoms with Gasteiger partial charge in [-0.3, -0.25) is 9.69 Å². The topological polar surface area (TPSA) is 55.3 Å². The molecule has 0 radical (unpaired) electrons. The minimum atomic E-state index is -0.0155. The maximum atomic E-state index is 12.7. The summed E-state index contributed by atoms with van der Waals surface area (Å²) in [6, 6.07) is 11.3. The molecule has 0 N–H and O–H groups in total. The highest BCUT2D eigenvalue weighted by molar-refractivity contribution is 7.18. The SMILES string of the molecule is COCCN(C(=O)Cc1cccs1)c1nnc(-c2ccc(Cl)cc2)s1. The van der Waals surface area contributed by atoms with Crippen LogP contribution in [0.1, 0.15) is 4.88 Å². The number of amides is 1. The Bertz CT molecular complexity index is 819. The third-order valence-corrected chi connectivity index (χ3v) is 5.59. The van der Waals surface area contributed by atoms with Gasteiger partial charge in [0.05, 0.1) is 19.6 Å². The van der Waals surface area contributed by atoms with E-state index in [1.54, 1.807) is 23.3 Å². The van der Waals surface area contributed by atoms with Crippen LogP contribution in [0.4, 0.5) is 5.13 Å². The number of nitrogens with zero attached hydrogens (tertiary/aromatic N) is 3. The third-order valence-electron chi connectivity index (χ3n) is 3.46. The molecule has 2 heterocycles. The maximum Gasteiger partial charge on any atom is 0.234 e. The Morgan fingerprint density at radius 1 is 1.24 bits per heavy atom. The van der Waals surface area contributed by atoms with Crippen LogP contribution in [0.5, 0.6) is 0 Å². The lowest BCUT2D eigenvalue weighted by atomic mass is 10.2. The van der Waals surface area contributed by atoms with E-state index in [0.29, 0.717) is 29.7 Å². The van der Waals surface area contributed by atoms with Gasteiger partial charge in [0.25, 0.3) is 0 Å². The third kappa shape index (κ3) is 4.64. The molecule has 0 spiro atoms. The van der Waals surface area contributed by atoms with Crippen molar-refractivity contribution in [2.24, 2.45) is 0 Å². The first kappa shape index (κ1) is 18.0. The van der Waals surface area contributed by atoms with Crippen molar-refractivity contribution >= 4 is 45.3 Å². The zero-order valence-corrected chi connectivity index (χ0v) is 15.9. The van der Waals surface area contributed by atoms with Gasteiger partial charge < -0.3 is 4.74 Å². The van der Waals surface area contributed by atoms with Gasteiger partial charge in [-0.25, -0.2) is 0 Å². The van der Waals surface area contributed by atoms with Crippen molar-refractivity contribution in [1.82, 2.24) is 10.2 Å². The molecular weight excluding hydrogens is 378 g/mol. The summed E-state index contributed by atoms with van der Waals surface area (Å²) in [5, 5.41) is 12.4. The second-order valence-corrected chi connectivity index (χ2v) is 7.62. The summed E-state index contributed by atoms with van der Waals surface area (Å²) in [5.41, 5.74) is 0.922. The van der Waals surface area contributed by atoms with Crippen LogP contribution in [0.2, 0.25) is 5.02 Å². The molecule has 0 aliphatic heterocycles. The van der Waals surface area contributed by atoms with Gasteiger partial charge in [-0.2, -0.15) is 0 Å². The standard InChI is InChI=1S/C17H16ClN3O2S2/c1-23-9-8-21(15(22)11-14-3-2-10-24-14)17-20-19-16(25-17)12-4-6-13(18)7-5-12/h2-7,10H,8-9,11H2,1H3. The fourth-order valence-corrected chi connectivity index (χ4v) is 3.92. The Morgan fingerprint density at radius 2 is 2.04 bits per heavy atom. The number of thiophene rings is 1. The van der Waals surface area contributed by atoms with Gasteiger partial charge in [-0.05, 0) is 23.6 Å². The molecule has 0 atom stereocenters. The van der Waals surface area contributed by atoms with Crippen LogP contribution in [0.25, 0.3) is 10.6 Å². The molecule has 1 amide bonds. The number of hydrogen-bond acceptors (Lipinski definition) is 6. The Labute approximate surface area is 158 Å². The smallest absolute Gasteiger partial charge is 0.234 e. The first-order valence-corrected chi connectivity index (χ1v) is 9.66. The predicted octanol–water partition coefficient (Wildman–Crippen LogP) is 4.14. The number of halogens is 1. The summed E-state index contributed by atoms with van der Waals surface area (Å²) in [6.07, 6.45) is 0.344. The lowest BCUT2D eigenvalue weighted by Crippen LogP contribution is -2.34. The quantitative estimate of drug-likeness (QED) is 0.605. The fourth-order valence-electron chi connectivity index (χ4n) is 2.20. The molecule has 3 rings (SSSR count). The van der Waals surface area contributed by atoms with Crippen molar-refractivity contribution in [3.63, 3.8) is 0 Å². The van der Waals surface area contributed by atoms with Crippen LogP contribution < -0.4 is 4.90 Å². The predicted molar refractivity (Wildman–Crippen MR) is 103 cm³/mol. The first-order valence-electron chi connectivity index (χ1n) is 7.58. The van der Waals surface area contributed by atoms with E-state index in [-0.39, 0.29) is 5.91 Å². The second-order valence-electron chi connectivity index (χ2n) is 5.19. The van der Waals surface area contributed by atoms with Gasteiger partial charge in [0, 0.05) is 22.6 Å². The van der Waals surface area contributed by atoms with Crippen LogP contribution in [-0.2, 0) is 16.0 Å². The minimum Gasteiger partial charge on any atom is -0.383 e. The Kier molecular flexibility index (Phi) is 6.14. The van der Waals surface area contributed by atoms with E-state index >= 15 is 0 Å². The molecule has 0 saturated carbocycles. The molecule has 1 aromatic carbocycles. The van der Waals surface area contributed by atoms with Crippen molar-refractivity contribution in [2.45, 2.75) is 6.42 Å². The molecule has 0 saturated heterocycles. The van der Waals surface area contributed by atoms with Crippen LogP contribution >= 0.6 is 34.3 Å². The van der Waals surface area contributed by atoms with Gasteiger partial charge in [-0.15, -0.1) is 21.5 Å². The Balaban J connectivity index is 1.81. The molecule has 0 bridgehead atoms. The Morgan fingerprint density at radius 3 is 2.72 bits per heavy atom. The Hall–Kier alpha value is -1.80. The molecule has 2 aromatic heterocycles. The number of anilines is 1. The number of carbonyl (C=O) groups excluding carboxylic acids is 1. The molecule has 0 aliphatic carbocycles. The van der Waals surface area contributed by atoms with E-state index in [9.17, 15) is 4.79 Å². The van der Waals surface area contributed by atoms with E-state index in [1.807, 2.05) is 41.8 Å². The largest absolute Gasteiger partial charge is 0.383 e. The normalized spacial score (nSPS) is 10.8. The van der Waals surface area contributed by atoms with Gasteiger partial charge >= 0.3 is 0 Å². The highest BCUT2D eigenvalue weighted by Gasteiger charge is 2.21. The van der Waals surface area contributed by atoms with Crippen LogP contribution in [0.15, 0.2) is 41.8 Å². The van der Waals surface area contributed by atoms with E-state index in [2.05, 4.69) is 10.2 Å². The summed E-state index contributed by atoms with van der Waals surface area (Å²) in [4.78, 5) is 15.4. The second kappa shape index (κ2) is 8.53. The number of rotatable bonds is 7. The molecular formula is C17H16ClN3O2S2. The number of ether oxygens (including phenoxy) is 1. The van der Waals surface area contributed by atoms with E-state index in [1.165, 1.54) is 11.3 Å². The van der Waals surface area contributed by atoms with Crippen molar-refractivity contribution in [3.8, 4) is 10.6 Å². The number of hydrogen-bond donors (Lipinski definition) is 0. The van der Waals surface area contributed by atoms with Crippen LogP contribution in [0, 0.1) is 0 Å². The van der Waals surface area contributed by atoms with Gasteiger partial charge in [-0.1, -0.05) is 41.1 Å². The highest BCUT2D eigenvalue weighted by Crippen LogP contribution is 2.30. The van der Waals surface area contributed by atoms with Crippen molar-refractivity contribution in [1.29, 1.82) is 0 Å². The summed E-state index contributed by atoms with van der Waals surface area (Å²) < 4.78 is 5.13. The lowest BCUT2D eigenvalue weighted by molar-refractivity contribution is -0.118. The zero-order chi connectivity index (χ0) is 17.6. The molecule has 130 valence electrons. The average molecular weight is 394 g/mol. The van der Waals surface area contributed by atoms with E-state index < -0.39 is 0 Å². The molecule has 5 nitrogen and oxygen atoms in total. The van der Waals surface area contributed by atoms with Crippen molar-refractivity contribution < 1.29 is 9.53 Å². The summed E-state index contributed by atoms with van der Waals surface area (Å²) >= 11 is 8.87. The molecule has 0 fully saturated rings. The maximum absolute atomic E-state index is 12.7. The zero-order valence-electron chi connectivity index (χ0n) is 13.5. The molecule has 8 heteroatoms. The summed E-state index contributed by atoms with van der Waals surface area (Å²) in [7, 11) is 1.61. The summed E-state index contributed by atoms with van der Waals surface area (Å²) in [5.74, 6) is -0.0155. The number of aromatic nitrogens is 2. The van der Waals surface area contributed by atoms with Gasteiger partial charge in [0.15, 0.2) is 0 Å². The van der Waals surface area contributed by atoms with Crippen molar-refractivity contribution in [2.75, 3.05) is 25.2 Å². The number of carbonyl (C=O) groups is 1. The van der Waals surface area contributed by atoms with Crippen molar-refractivity contribution in [3.05, 3.63) is 51.7 Å². The average Bonchev–Trinajstić information content (AvgIpc) is 3.28. The van der Waals surface area contributed by atoms with E-state index in [0.717, 1.165) is 15.4 Å².